The molecule has 20 heavy (non-hydrogen) atoms. The smallest absolute Gasteiger partial charge is 0.0466 e. The number of rotatable bonds is 9. The Kier molecular flexibility index (Phi) is 6.55. The van der Waals surface area contributed by atoms with Gasteiger partial charge in [0.05, 0.1) is 0 Å². The number of nitrogens with one attached hydrogen (secondary N) is 1. The highest BCUT2D eigenvalue weighted by Crippen LogP contribution is 2.40. The summed E-state index contributed by atoms with van der Waals surface area (Å²) < 4.78 is 5.48. The summed E-state index contributed by atoms with van der Waals surface area (Å²) in [6, 6.07) is 9.52. The van der Waals surface area contributed by atoms with Crippen LogP contribution in [-0.2, 0) is 4.74 Å². The Morgan fingerprint density at radius 2 is 2.05 bits per heavy atom. The number of hydrogen-bond acceptors (Lipinski definition) is 2. The standard InChI is InChI=1S/C18H29NO/c1-3-19-18(13-8-14-20-4-2)17-12-6-5-11-16(17)15-9-7-10-15/h5-6,11-12,15,18-19H,3-4,7-10,13-14H2,1-2H3. The SMILES string of the molecule is CCNC(CCCOCC)c1ccccc1C1CCC1. The van der Waals surface area contributed by atoms with Crippen molar-refractivity contribution in [2.75, 3.05) is 19.8 Å². The van der Waals surface area contributed by atoms with Gasteiger partial charge in [-0.1, -0.05) is 37.6 Å². The van der Waals surface area contributed by atoms with Gasteiger partial charge in [0.1, 0.15) is 0 Å². The Labute approximate surface area is 123 Å². The van der Waals surface area contributed by atoms with Gasteiger partial charge in [0.15, 0.2) is 0 Å². The highest BCUT2D eigenvalue weighted by Gasteiger charge is 2.24. The molecule has 0 saturated heterocycles. The summed E-state index contributed by atoms with van der Waals surface area (Å²) in [5.74, 6) is 0.805. The van der Waals surface area contributed by atoms with E-state index in [4.69, 9.17) is 4.74 Å². The van der Waals surface area contributed by atoms with Crippen LogP contribution in [0.1, 0.15) is 69.0 Å². The van der Waals surface area contributed by atoms with E-state index in [9.17, 15) is 0 Å². The number of hydrogen-bond donors (Lipinski definition) is 1. The topological polar surface area (TPSA) is 21.3 Å². The molecule has 1 unspecified atom stereocenters. The van der Waals surface area contributed by atoms with E-state index >= 15 is 0 Å². The molecule has 1 N–H and O–H groups in total. The second-order valence-corrected chi connectivity index (χ2v) is 5.71. The zero-order valence-electron chi connectivity index (χ0n) is 13.0. The van der Waals surface area contributed by atoms with E-state index in [2.05, 4.69) is 43.4 Å². The van der Waals surface area contributed by atoms with Gasteiger partial charge in [-0.05, 0) is 56.2 Å². The van der Waals surface area contributed by atoms with Crippen molar-refractivity contribution in [2.24, 2.45) is 0 Å². The molecule has 0 bridgehead atoms. The molecule has 1 aromatic carbocycles. The maximum atomic E-state index is 5.48. The van der Waals surface area contributed by atoms with Gasteiger partial charge in [-0.15, -0.1) is 0 Å². The fraction of sp³-hybridized carbons (Fsp3) is 0.667. The third-order valence-electron chi connectivity index (χ3n) is 4.35. The number of benzene rings is 1. The summed E-state index contributed by atoms with van der Waals surface area (Å²) in [6.45, 7) is 6.99. The fourth-order valence-electron chi connectivity index (χ4n) is 3.07. The van der Waals surface area contributed by atoms with Crippen molar-refractivity contribution in [3.05, 3.63) is 35.4 Å². The van der Waals surface area contributed by atoms with Crippen LogP contribution >= 0.6 is 0 Å². The molecule has 0 aliphatic heterocycles. The minimum atomic E-state index is 0.484. The van der Waals surface area contributed by atoms with Crippen molar-refractivity contribution in [1.29, 1.82) is 0 Å². The second-order valence-electron chi connectivity index (χ2n) is 5.71. The molecule has 1 aliphatic rings. The van der Waals surface area contributed by atoms with Gasteiger partial charge < -0.3 is 10.1 Å². The second kappa shape index (κ2) is 8.43. The van der Waals surface area contributed by atoms with Crippen LogP contribution in [0.15, 0.2) is 24.3 Å². The number of ether oxygens (including phenoxy) is 1. The van der Waals surface area contributed by atoms with Gasteiger partial charge in [-0.2, -0.15) is 0 Å². The lowest BCUT2D eigenvalue weighted by molar-refractivity contribution is 0.141. The Morgan fingerprint density at radius 3 is 2.70 bits per heavy atom. The zero-order valence-corrected chi connectivity index (χ0v) is 13.0. The summed E-state index contributed by atoms with van der Waals surface area (Å²) in [4.78, 5) is 0. The highest BCUT2D eigenvalue weighted by atomic mass is 16.5. The lowest BCUT2D eigenvalue weighted by Crippen LogP contribution is -2.24. The molecule has 0 spiro atoms. The summed E-state index contributed by atoms with van der Waals surface area (Å²) in [6.07, 6.45) is 6.43. The largest absolute Gasteiger partial charge is 0.382 e. The Bertz CT molecular complexity index is 387. The fourth-order valence-corrected chi connectivity index (χ4v) is 3.07. The molecule has 2 nitrogen and oxygen atoms in total. The molecule has 2 rings (SSSR count). The van der Waals surface area contributed by atoms with Crippen LogP contribution in [0.4, 0.5) is 0 Å². The summed E-state index contributed by atoms with van der Waals surface area (Å²) in [5, 5.41) is 3.66. The van der Waals surface area contributed by atoms with Gasteiger partial charge in [-0.3, -0.25) is 0 Å². The first-order chi connectivity index (χ1) is 9.86. The highest BCUT2D eigenvalue weighted by molar-refractivity contribution is 5.34. The van der Waals surface area contributed by atoms with E-state index in [0.29, 0.717) is 6.04 Å². The maximum Gasteiger partial charge on any atom is 0.0466 e. The minimum Gasteiger partial charge on any atom is -0.382 e. The van der Waals surface area contributed by atoms with Gasteiger partial charge in [0.25, 0.3) is 0 Å². The minimum absolute atomic E-state index is 0.484. The monoisotopic (exact) mass is 275 g/mol. The van der Waals surface area contributed by atoms with Crippen molar-refractivity contribution in [3.8, 4) is 0 Å². The zero-order chi connectivity index (χ0) is 14.2. The predicted octanol–water partition coefficient (Wildman–Crippen LogP) is 4.42. The summed E-state index contributed by atoms with van der Waals surface area (Å²) in [7, 11) is 0. The summed E-state index contributed by atoms with van der Waals surface area (Å²) in [5.41, 5.74) is 3.11. The van der Waals surface area contributed by atoms with Crippen LogP contribution in [0.2, 0.25) is 0 Å². The first kappa shape index (κ1) is 15.5. The first-order valence-electron chi connectivity index (χ1n) is 8.26. The predicted molar refractivity (Wildman–Crippen MR) is 85.2 cm³/mol. The van der Waals surface area contributed by atoms with E-state index in [1.807, 2.05) is 0 Å². The van der Waals surface area contributed by atoms with Crippen molar-refractivity contribution >= 4 is 0 Å². The molecule has 0 aromatic heterocycles. The molecule has 0 radical (unpaired) electrons. The van der Waals surface area contributed by atoms with Crippen LogP contribution in [0.5, 0.6) is 0 Å². The van der Waals surface area contributed by atoms with E-state index in [1.165, 1.54) is 24.8 Å². The molecule has 1 fully saturated rings. The molecule has 1 saturated carbocycles. The lowest BCUT2D eigenvalue weighted by Gasteiger charge is -2.31. The average molecular weight is 275 g/mol. The van der Waals surface area contributed by atoms with E-state index in [0.717, 1.165) is 38.5 Å². The Morgan fingerprint density at radius 1 is 1.25 bits per heavy atom. The molecule has 0 heterocycles. The first-order valence-corrected chi connectivity index (χ1v) is 8.26. The van der Waals surface area contributed by atoms with Crippen molar-refractivity contribution in [1.82, 2.24) is 5.32 Å². The maximum absolute atomic E-state index is 5.48. The molecule has 0 amide bonds. The van der Waals surface area contributed by atoms with Gasteiger partial charge in [0, 0.05) is 19.3 Å². The van der Waals surface area contributed by atoms with Crippen molar-refractivity contribution in [3.63, 3.8) is 0 Å². The molecule has 112 valence electrons. The quantitative estimate of drug-likeness (QED) is 0.674. The van der Waals surface area contributed by atoms with Crippen LogP contribution < -0.4 is 5.32 Å². The van der Waals surface area contributed by atoms with Gasteiger partial charge in [0.2, 0.25) is 0 Å². The van der Waals surface area contributed by atoms with E-state index in [-0.39, 0.29) is 0 Å². The van der Waals surface area contributed by atoms with Crippen LogP contribution in [-0.4, -0.2) is 19.8 Å². The summed E-state index contributed by atoms with van der Waals surface area (Å²) >= 11 is 0. The molecular weight excluding hydrogens is 246 g/mol. The van der Waals surface area contributed by atoms with E-state index < -0.39 is 0 Å². The molecule has 1 aromatic rings. The van der Waals surface area contributed by atoms with Crippen molar-refractivity contribution in [2.45, 2.75) is 57.9 Å². The Hall–Kier alpha value is -0.860. The molecular formula is C18H29NO. The van der Waals surface area contributed by atoms with Gasteiger partial charge >= 0.3 is 0 Å². The third-order valence-corrected chi connectivity index (χ3v) is 4.35. The van der Waals surface area contributed by atoms with E-state index in [1.54, 1.807) is 5.56 Å². The van der Waals surface area contributed by atoms with Crippen LogP contribution in [0.25, 0.3) is 0 Å². The van der Waals surface area contributed by atoms with Crippen LogP contribution in [0.3, 0.4) is 0 Å². The Balaban J connectivity index is 2.03. The molecule has 1 atom stereocenters. The molecule has 1 aliphatic carbocycles. The van der Waals surface area contributed by atoms with Crippen LogP contribution in [0, 0.1) is 0 Å². The van der Waals surface area contributed by atoms with Gasteiger partial charge in [-0.25, -0.2) is 0 Å². The molecule has 2 heteroatoms. The average Bonchev–Trinajstić information content (AvgIpc) is 2.41. The normalized spacial score (nSPS) is 16.9. The lowest BCUT2D eigenvalue weighted by atomic mass is 9.77. The van der Waals surface area contributed by atoms with Crippen molar-refractivity contribution < 1.29 is 4.74 Å². The third kappa shape index (κ3) is 4.07.